The van der Waals surface area contributed by atoms with Crippen molar-refractivity contribution in [1.29, 1.82) is 0 Å². The van der Waals surface area contributed by atoms with E-state index in [0.29, 0.717) is 14.4 Å². The second-order valence-electron chi connectivity index (χ2n) is 6.73. The van der Waals surface area contributed by atoms with Gasteiger partial charge in [-0.05, 0) is 24.3 Å². The first-order chi connectivity index (χ1) is 14.6. The van der Waals surface area contributed by atoms with Crippen molar-refractivity contribution in [3.63, 3.8) is 0 Å². The summed E-state index contributed by atoms with van der Waals surface area (Å²) in [6, 6.07) is 0. The second-order valence-corrected chi connectivity index (χ2v) is 11.8. The Morgan fingerprint density at radius 1 is 1.29 bits per heavy atom. The number of carboxylic acids is 1. The molecule has 0 bridgehead atoms. The minimum absolute atomic E-state index is 0.171. The van der Waals surface area contributed by atoms with Gasteiger partial charge in [0.15, 0.2) is 4.34 Å². The number of fused-ring (bicyclic) bond motifs is 1. The summed E-state index contributed by atoms with van der Waals surface area (Å²) in [4.78, 5) is 37.7. The molecule has 2 aromatic rings. The summed E-state index contributed by atoms with van der Waals surface area (Å²) in [6.07, 6.45) is 0. The minimum atomic E-state index is -1.26. The van der Waals surface area contributed by atoms with Crippen LogP contribution in [-0.4, -0.2) is 73.7 Å². The number of rotatable bonds is 6. The molecule has 164 valence electrons. The normalized spacial score (nSPS) is 25.3. The number of carbonyl (C=O) groups excluding carboxylic acids is 2. The van der Waals surface area contributed by atoms with Crippen molar-refractivity contribution in [2.75, 3.05) is 0 Å². The molecule has 2 aliphatic rings. The maximum Gasteiger partial charge on any atom is 0.353 e. The van der Waals surface area contributed by atoms with E-state index in [9.17, 15) is 19.5 Å². The average Bonchev–Trinajstić information content (AvgIpc) is 3.28. The quantitative estimate of drug-likeness (QED) is 0.536. The van der Waals surface area contributed by atoms with E-state index < -0.39 is 21.5 Å². The van der Waals surface area contributed by atoms with Crippen molar-refractivity contribution in [1.82, 2.24) is 40.6 Å². The molecule has 0 saturated carbocycles. The van der Waals surface area contributed by atoms with Crippen LogP contribution in [0.15, 0.2) is 20.1 Å². The fourth-order valence-electron chi connectivity index (χ4n) is 3.14. The molecule has 31 heavy (non-hydrogen) atoms. The van der Waals surface area contributed by atoms with Gasteiger partial charge >= 0.3 is 5.97 Å². The molecule has 4 heterocycles. The lowest BCUT2D eigenvalue weighted by atomic mass is 10.1. The number of hydrogen-bond acceptors (Lipinski definition) is 12. The van der Waals surface area contributed by atoms with Gasteiger partial charge in [0.1, 0.15) is 26.2 Å². The maximum atomic E-state index is 13.0. The van der Waals surface area contributed by atoms with Crippen molar-refractivity contribution < 1.29 is 19.5 Å². The van der Waals surface area contributed by atoms with Crippen LogP contribution in [0.25, 0.3) is 0 Å². The van der Waals surface area contributed by atoms with E-state index in [1.54, 1.807) is 20.9 Å². The molecule has 0 aromatic carbocycles. The molecule has 2 aliphatic heterocycles. The third-order valence-electron chi connectivity index (χ3n) is 4.37. The lowest BCUT2D eigenvalue weighted by Crippen LogP contribution is -2.67. The Bertz CT molecular complexity index is 1120. The molecule has 2 unspecified atom stereocenters. The van der Waals surface area contributed by atoms with E-state index >= 15 is 0 Å². The number of aliphatic carboxylic acids is 1. The Labute approximate surface area is 192 Å². The van der Waals surface area contributed by atoms with Gasteiger partial charge in [0.2, 0.25) is 17.0 Å². The predicted octanol–water partition coefficient (Wildman–Crippen LogP) is 0.687. The molecule has 3 atom stereocenters. The zero-order chi connectivity index (χ0) is 22.5. The number of β-lactam (4-membered cyclic amide) rings is 1. The van der Waals surface area contributed by atoms with Crippen molar-refractivity contribution in [2.45, 2.75) is 45.8 Å². The zero-order valence-corrected chi connectivity index (χ0v) is 19.9. The standard InChI is InChI=1S/C15H16N8O4S4/c1-5(24)16-15(3)9(30-14-19-17-6(2)28-14)7(12(26)27)23-10(25)8(11(23)31-15)29-13-18-20-21-22(13)4/h8,11H,1-4H3,(H,16,24)(H,26,27)/t8?,11-,15?/m1/s1. The summed E-state index contributed by atoms with van der Waals surface area (Å²) < 4.78 is 1.96. The number of carbonyl (C=O) groups is 3. The number of tetrazole rings is 1. The molecule has 2 amide bonds. The van der Waals surface area contributed by atoms with E-state index in [1.807, 2.05) is 0 Å². The van der Waals surface area contributed by atoms with Gasteiger partial charge < -0.3 is 10.4 Å². The van der Waals surface area contributed by atoms with Crippen LogP contribution < -0.4 is 5.32 Å². The Balaban J connectivity index is 1.76. The fraction of sp³-hybridized carbons (Fsp3) is 0.467. The molecule has 2 aromatic heterocycles. The molecular formula is C15H16N8O4S4. The Hall–Kier alpha value is -2.17. The molecule has 16 heteroatoms. The SMILES string of the molecule is CC(=O)NC1(C)S[C@@H]2C(Sc3nnnn3C)C(=O)N2C(C(=O)O)=C1Sc1nnc(C)s1. The summed E-state index contributed by atoms with van der Waals surface area (Å²) in [5, 5.41) is 32.1. The largest absolute Gasteiger partial charge is 0.477 e. The molecule has 0 spiro atoms. The van der Waals surface area contributed by atoms with E-state index in [4.69, 9.17) is 0 Å². The number of thioether (sulfide) groups is 3. The third-order valence-corrected chi connectivity index (χ3v) is 9.64. The summed E-state index contributed by atoms with van der Waals surface area (Å²) >= 11 is 4.85. The highest BCUT2D eigenvalue weighted by atomic mass is 32.2. The highest BCUT2D eigenvalue weighted by Crippen LogP contribution is 2.56. The van der Waals surface area contributed by atoms with Crippen LogP contribution in [0.5, 0.6) is 0 Å². The smallest absolute Gasteiger partial charge is 0.353 e. The van der Waals surface area contributed by atoms with Gasteiger partial charge in [0.05, 0.1) is 4.91 Å². The highest BCUT2D eigenvalue weighted by Gasteiger charge is 2.60. The molecule has 2 N–H and O–H groups in total. The van der Waals surface area contributed by atoms with Crippen LogP contribution in [0.2, 0.25) is 0 Å². The van der Waals surface area contributed by atoms with Crippen LogP contribution >= 0.6 is 46.6 Å². The average molecular weight is 501 g/mol. The van der Waals surface area contributed by atoms with Gasteiger partial charge in [-0.3, -0.25) is 14.5 Å². The van der Waals surface area contributed by atoms with Gasteiger partial charge in [-0.25, -0.2) is 9.48 Å². The molecule has 0 aliphatic carbocycles. The van der Waals surface area contributed by atoms with Crippen molar-refractivity contribution in [3.8, 4) is 0 Å². The summed E-state index contributed by atoms with van der Waals surface area (Å²) in [7, 11) is 1.65. The van der Waals surface area contributed by atoms with Gasteiger partial charge in [0, 0.05) is 14.0 Å². The van der Waals surface area contributed by atoms with Gasteiger partial charge in [-0.2, -0.15) is 0 Å². The Morgan fingerprint density at radius 2 is 2.03 bits per heavy atom. The van der Waals surface area contributed by atoms with Crippen LogP contribution in [0.3, 0.4) is 0 Å². The third kappa shape index (κ3) is 3.92. The number of aromatic nitrogens is 6. The van der Waals surface area contributed by atoms with Crippen LogP contribution in [0.1, 0.15) is 18.9 Å². The van der Waals surface area contributed by atoms with Crippen LogP contribution in [0.4, 0.5) is 0 Å². The fourth-order valence-corrected chi connectivity index (χ4v) is 8.12. The van der Waals surface area contributed by atoms with Crippen molar-refractivity contribution in [3.05, 3.63) is 15.6 Å². The number of carboxylic acid groups (broad SMARTS) is 1. The van der Waals surface area contributed by atoms with Crippen LogP contribution in [0, 0.1) is 6.92 Å². The van der Waals surface area contributed by atoms with E-state index in [1.165, 1.54) is 39.6 Å². The zero-order valence-electron chi connectivity index (χ0n) is 16.6. The number of nitrogens with zero attached hydrogens (tertiary/aromatic N) is 7. The summed E-state index contributed by atoms with van der Waals surface area (Å²) in [5.74, 6) is -1.95. The maximum absolute atomic E-state index is 13.0. The summed E-state index contributed by atoms with van der Waals surface area (Å²) in [6.45, 7) is 4.87. The van der Waals surface area contributed by atoms with Gasteiger partial charge in [-0.1, -0.05) is 34.9 Å². The lowest BCUT2D eigenvalue weighted by molar-refractivity contribution is -0.145. The van der Waals surface area contributed by atoms with E-state index in [-0.39, 0.29) is 17.5 Å². The van der Waals surface area contributed by atoms with E-state index in [0.717, 1.165) is 28.5 Å². The molecule has 1 saturated heterocycles. The predicted molar refractivity (Wildman–Crippen MR) is 114 cm³/mol. The Kier molecular flexibility index (Phi) is 5.74. The first kappa shape index (κ1) is 22.0. The lowest BCUT2D eigenvalue weighted by Gasteiger charge is -2.53. The number of nitrogens with one attached hydrogen (secondary N) is 1. The molecule has 4 rings (SSSR count). The van der Waals surface area contributed by atoms with Crippen molar-refractivity contribution in [2.24, 2.45) is 7.05 Å². The van der Waals surface area contributed by atoms with E-state index in [2.05, 4.69) is 31.0 Å². The minimum Gasteiger partial charge on any atom is -0.477 e. The number of amides is 2. The second kappa shape index (κ2) is 8.07. The van der Waals surface area contributed by atoms with Crippen molar-refractivity contribution >= 4 is 64.4 Å². The first-order valence-corrected chi connectivity index (χ1v) is 12.1. The topological polar surface area (TPSA) is 156 Å². The molecule has 1 fully saturated rings. The number of hydrogen-bond donors (Lipinski definition) is 2. The number of aryl methyl sites for hydroxylation is 2. The monoisotopic (exact) mass is 500 g/mol. The summed E-state index contributed by atoms with van der Waals surface area (Å²) in [5.41, 5.74) is -0.171. The van der Waals surface area contributed by atoms with Gasteiger partial charge in [-0.15, -0.1) is 27.1 Å². The highest BCUT2D eigenvalue weighted by molar-refractivity contribution is 8.09. The first-order valence-electron chi connectivity index (χ1n) is 8.75. The van der Waals surface area contributed by atoms with Gasteiger partial charge in [0.25, 0.3) is 0 Å². The molecule has 12 nitrogen and oxygen atoms in total. The van der Waals surface area contributed by atoms with Crippen LogP contribution in [-0.2, 0) is 21.4 Å². The molecule has 0 radical (unpaired) electrons. The Morgan fingerprint density at radius 3 is 2.58 bits per heavy atom. The molecular weight excluding hydrogens is 484 g/mol.